The molecule has 1 unspecified atom stereocenters. The molecular weight excluding hydrogens is 184 g/mol. The van der Waals surface area contributed by atoms with Gasteiger partial charge in [-0.2, -0.15) is 0 Å². The van der Waals surface area contributed by atoms with Crippen molar-refractivity contribution in [3.05, 3.63) is 34.9 Å². The lowest BCUT2D eigenvalue weighted by Crippen LogP contribution is -2.28. The summed E-state index contributed by atoms with van der Waals surface area (Å²) in [6, 6.07) is 6.86. The van der Waals surface area contributed by atoms with Crippen molar-refractivity contribution in [2.75, 3.05) is 0 Å². The molecule has 0 radical (unpaired) electrons. The predicted molar refractivity (Wildman–Crippen MR) is 65.5 cm³/mol. The SMILES string of the molecule is CCCCC(NN)c1ccc(C)c(C)c1. The topological polar surface area (TPSA) is 38.0 Å². The predicted octanol–water partition coefficient (Wildman–Crippen LogP) is 3.00. The fraction of sp³-hybridized carbons (Fsp3) is 0.538. The molecule has 0 aliphatic heterocycles. The fourth-order valence-electron chi connectivity index (χ4n) is 1.74. The number of hydrogen-bond donors (Lipinski definition) is 2. The van der Waals surface area contributed by atoms with Crippen LogP contribution in [0.25, 0.3) is 0 Å². The molecule has 0 amide bonds. The fourth-order valence-corrected chi connectivity index (χ4v) is 1.74. The summed E-state index contributed by atoms with van der Waals surface area (Å²) in [5.41, 5.74) is 6.88. The molecule has 0 heterocycles. The Labute approximate surface area is 92.8 Å². The maximum Gasteiger partial charge on any atom is 0.0460 e. The number of nitrogens with one attached hydrogen (secondary N) is 1. The minimum Gasteiger partial charge on any atom is -0.271 e. The number of unbranched alkanes of at least 4 members (excludes halogenated alkanes) is 1. The highest BCUT2D eigenvalue weighted by molar-refractivity contribution is 5.31. The zero-order valence-corrected chi connectivity index (χ0v) is 10.0. The molecule has 84 valence electrons. The summed E-state index contributed by atoms with van der Waals surface area (Å²) in [7, 11) is 0. The van der Waals surface area contributed by atoms with Gasteiger partial charge >= 0.3 is 0 Å². The molecule has 2 nitrogen and oxygen atoms in total. The molecule has 0 aliphatic carbocycles. The maximum absolute atomic E-state index is 5.58. The number of nitrogens with two attached hydrogens (primary N) is 1. The van der Waals surface area contributed by atoms with Gasteiger partial charge in [-0.25, -0.2) is 0 Å². The summed E-state index contributed by atoms with van der Waals surface area (Å²) in [4.78, 5) is 0. The van der Waals surface area contributed by atoms with Crippen molar-refractivity contribution in [1.82, 2.24) is 5.43 Å². The van der Waals surface area contributed by atoms with Crippen LogP contribution < -0.4 is 11.3 Å². The van der Waals surface area contributed by atoms with E-state index in [2.05, 4.69) is 44.4 Å². The molecule has 1 atom stereocenters. The highest BCUT2D eigenvalue weighted by atomic mass is 15.2. The highest BCUT2D eigenvalue weighted by Gasteiger charge is 2.09. The lowest BCUT2D eigenvalue weighted by Gasteiger charge is -2.17. The minimum absolute atomic E-state index is 0.296. The van der Waals surface area contributed by atoms with Crippen molar-refractivity contribution in [2.45, 2.75) is 46.1 Å². The quantitative estimate of drug-likeness (QED) is 0.574. The van der Waals surface area contributed by atoms with E-state index in [0.29, 0.717) is 6.04 Å². The monoisotopic (exact) mass is 206 g/mol. The van der Waals surface area contributed by atoms with Crippen molar-refractivity contribution in [3.63, 3.8) is 0 Å². The summed E-state index contributed by atoms with van der Waals surface area (Å²) < 4.78 is 0. The number of hydrazine groups is 1. The molecule has 0 aromatic heterocycles. The molecule has 1 rings (SSSR count). The van der Waals surface area contributed by atoms with Crippen molar-refractivity contribution in [3.8, 4) is 0 Å². The van der Waals surface area contributed by atoms with Gasteiger partial charge in [0, 0.05) is 6.04 Å². The van der Waals surface area contributed by atoms with Gasteiger partial charge in [0.05, 0.1) is 0 Å². The lowest BCUT2D eigenvalue weighted by molar-refractivity contribution is 0.495. The molecule has 2 heteroatoms. The minimum atomic E-state index is 0.296. The van der Waals surface area contributed by atoms with Gasteiger partial charge in [-0.3, -0.25) is 11.3 Å². The van der Waals surface area contributed by atoms with Gasteiger partial charge in [0.15, 0.2) is 0 Å². The van der Waals surface area contributed by atoms with E-state index in [9.17, 15) is 0 Å². The number of hydrogen-bond acceptors (Lipinski definition) is 2. The van der Waals surface area contributed by atoms with Gasteiger partial charge in [0.2, 0.25) is 0 Å². The molecule has 1 aromatic rings. The van der Waals surface area contributed by atoms with Crippen LogP contribution in [-0.4, -0.2) is 0 Å². The summed E-state index contributed by atoms with van der Waals surface area (Å²) in [6.07, 6.45) is 3.53. The zero-order valence-electron chi connectivity index (χ0n) is 10.0. The van der Waals surface area contributed by atoms with Gasteiger partial charge in [-0.1, -0.05) is 38.0 Å². The maximum atomic E-state index is 5.58. The first-order chi connectivity index (χ1) is 7.19. The number of rotatable bonds is 5. The Kier molecular flexibility index (Phi) is 4.79. The van der Waals surface area contributed by atoms with Crippen LogP contribution in [0.2, 0.25) is 0 Å². The van der Waals surface area contributed by atoms with E-state index in [1.807, 2.05) is 0 Å². The lowest BCUT2D eigenvalue weighted by atomic mass is 9.98. The first-order valence-corrected chi connectivity index (χ1v) is 5.72. The smallest absolute Gasteiger partial charge is 0.0460 e. The van der Waals surface area contributed by atoms with Crippen LogP contribution in [0.15, 0.2) is 18.2 Å². The van der Waals surface area contributed by atoms with Crippen LogP contribution in [-0.2, 0) is 0 Å². The molecule has 1 aromatic carbocycles. The first-order valence-electron chi connectivity index (χ1n) is 5.72. The Bertz CT molecular complexity index is 307. The third-order valence-electron chi connectivity index (χ3n) is 2.98. The van der Waals surface area contributed by atoms with E-state index >= 15 is 0 Å². The molecule has 0 fully saturated rings. The van der Waals surface area contributed by atoms with Gasteiger partial charge in [-0.15, -0.1) is 0 Å². The average molecular weight is 206 g/mol. The van der Waals surface area contributed by atoms with E-state index in [1.54, 1.807) is 0 Å². The van der Waals surface area contributed by atoms with Crippen LogP contribution in [0, 0.1) is 13.8 Å². The van der Waals surface area contributed by atoms with Crippen LogP contribution >= 0.6 is 0 Å². The molecule has 0 saturated heterocycles. The van der Waals surface area contributed by atoms with Gasteiger partial charge < -0.3 is 0 Å². The second-order valence-corrected chi connectivity index (χ2v) is 4.21. The second-order valence-electron chi connectivity index (χ2n) is 4.21. The van der Waals surface area contributed by atoms with Crippen molar-refractivity contribution < 1.29 is 0 Å². The van der Waals surface area contributed by atoms with Crippen LogP contribution in [0.5, 0.6) is 0 Å². The van der Waals surface area contributed by atoms with Crippen molar-refractivity contribution >= 4 is 0 Å². The summed E-state index contributed by atoms with van der Waals surface area (Å²) in [6.45, 7) is 6.48. The molecule has 3 N–H and O–H groups in total. The molecule has 0 saturated carbocycles. The normalized spacial score (nSPS) is 12.8. The van der Waals surface area contributed by atoms with Gasteiger partial charge in [0.1, 0.15) is 0 Å². The Morgan fingerprint density at radius 2 is 2.00 bits per heavy atom. The van der Waals surface area contributed by atoms with Crippen LogP contribution in [0.3, 0.4) is 0 Å². The van der Waals surface area contributed by atoms with Gasteiger partial charge in [-0.05, 0) is 37.0 Å². The third-order valence-corrected chi connectivity index (χ3v) is 2.98. The molecule has 0 aliphatic rings. The van der Waals surface area contributed by atoms with Crippen molar-refractivity contribution in [2.24, 2.45) is 5.84 Å². The molecule has 0 bridgehead atoms. The zero-order chi connectivity index (χ0) is 11.3. The Morgan fingerprint density at radius 1 is 1.27 bits per heavy atom. The second kappa shape index (κ2) is 5.89. The van der Waals surface area contributed by atoms with E-state index in [4.69, 9.17) is 5.84 Å². The number of benzene rings is 1. The Balaban J connectivity index is 2.78. The van der Waals surface area contributed by atoms with Gasteiger partial charge in [0.25, 0.3) is 0 Å². The molecule has 15 heavy (non-hydrogen) atoms. The summed E-state index contributed by atoms with van der Waals surface area (Å²) in [5, 5.41) is 0. The van der Waals surface area contributed by atoms with E-state index in [0.717, 1.165) is 6.42 Å². The average Bonchev–Trinajstić information content (AvgIpc) is 2.24. The number of aryl methyl sites for hydroxylation is 2. The molecular formula is C13H22N2. The largest absolute Gasteiger partial charge is 0.271 e. The van der Waals surface area contributed by atoms with Crippen LogP contribution in [0.1, 0.15) is 48.9 Å². The third kappa shape index (κ3) is 3.33. The summed E-state index contributed by atoms with van der Waals surface area (Å²) >= 11 is 0. The standard InChI is InChI=1S/C13H22N2/c1-4-5-6-13(15-14)12-8-7-10(2)11(3)9-12/h7-9,13,15H,4-6,14H2,1-3H3. The Morgan fingerprint density at radius 3 is 2.53 bits per heavy atom. The first kappa shape index (κ1) is 12.2. The summed E-state index contributed by atoms with van der Waals surface area (Å²) in [5.74, 6) is 5.58. The molecule has 0 spiro atoms. The van der Waals surface area contributed by atoms with Crippen molar-refractivity contribution in [1.29, 1.82) is 0 Å². The van der Waals surface area contributed by atoms with E-state index < -0.39 is 0 Å². The van der Waals surface area contributed by atoms with Crippen LogP contribution in [0.4, 0.5) is 0 Å². The Hall–Kier alpha value is -0.860. The van der Waals surface area contributed by atoms with E-state index in [-0.39, 0.29) is 0 Å². The van der Waals surface area contributed by atoms with E-state index in [1.165, 1.54) is 29.5 Å². The highest BCUT2D eigenvalue weighted by Crippen LogP contribution is 2.20.